The van der Waals surface area contributed by atoms with E-state index in [1.54, 1.807) is 30.9 Å². The summed E-state index contributed by atoms with van der Waals surface area (Å²) in [5.74, 6) is -0.607. The molecule has 3 rings (SSSR count). The lowest BCUT2D eigenvalue weighted by atomic mass is 10.1. The van der Waals surface area contributed by atoms with E-state index in [1.165, 1.54) is 16.3 Å². The monoisotopic (exact) mass is 368 g/mol. The Morgan fingerprint density at radius 1 is 1.30 bits per heavy atom. The molecular weight excluding hydrogens is 348 g/mol. The van der Waals surface area contributed by atoms with Crippen molar-refractivity contribution in [1.29, 1.82) is 0 Å². The molecule has 1 atom stereocenters. The van der Waals surface area contributed by atoms with E-state index < -0.39 is 11.0 Å². The molecule has 27 heavy (non-hydrogen) atoms. The van der Waals surface area contributed by atoms with Crippen LogP contribution in [0.5, 0.6) is 0 Å². The number of carbonyl (C=O) groups excluding carboxylic acids is 1. The molecule has 1 unspecified atom stereocenters. The first-order valence-corrected chi connectivity index (χ1v) is 8.43. The maximum atomic E-state index is 12.5. The van der Waals surface area contributed by atoms with Crippen molar-refractivity contribution in [3.05, 3.63) is 69.7 Å². The molecule has 9 nitrogen and oxygen atoms in total. The van der Waals surface area contributed by atoms with Crippen molar-refractivity contribution in [3.63, 3.8) is 0 Å². The number of nitrogens with zero attached hydrogens (tertiary/aromatic N) is 5. The first kappa shape index (κ1) is 18.3. The van der Waals surface area contributed by atoms with Gasteiger partial charge in [0, 0.05) is 6.20 Å². The largest absolute Gasteiger partial charge is 0.390 e. The van der Waals surface area contributed by atoms with Gasteiger partial charge in [0.2, 0.25) is 0 Å². The van der Waals surface area contributed by atoms with Crippen molar-refractivity contribution in [2.75, 3.05) is 5.32 Å². The summed E-state index contributed by atoms with van der Waals surface area (Å²) in [5, 5.41) is 21.7. The minimum Gasteiger partial charge on any atom is -0.358 e. The Labute approximate surface area is 155 Å². The normalized spacial score (nSPS) is 12.0. The highest BCUT2D eigenvalue weighted by molar-refractivity contribution is 5.93. The number of rotatable bonds is 6. The van der Waals surface area contributed by atoms with Gasteiger partial charge in [-0.25, -0.2) is 0 Å². The summed E-state index contributed by atoms with van der Waals surface area (Å²) in [6, 6.07) is 8.78. The molecule has 0 aliphatic carbocycles. The smallest absolute Gasteiger partial charge is 0.358 e. The zero-order valence-electron chi connectivity index (χ0n) is 15.3. The molecule has 1 amide bonds. The molecule has 0 aliphatic rings. The summed E-state index contributed by atoms with van der Waals surface area (Å²) in [6.45, 7) is 5.93. The number of nitrogens with one attached hydrogen (secondary N) is 1. The van der Waals surface area contributed by atoms with E-state index in [0.717, 1.165) is 5.56 Å². The van der Waals surface area contributed by atoms with Crippen molar-refractivity contribution >= 4 is 17.4 Å². The number of benzene rings is 1. The quantitative estimate of drug-likeness (QED) is 0.532. The van der Waals surface area contributed by atoms with Gasteiger partial charge in [0.25, 0.3) is 5.91 Å². The van der Waals surface area contributed by atoms with E-state index >= 15 is 0 Å². The van der Waals surface area contributed by atoms with E-state index in [1.807, 2.05) is 31.2 Å². The zero-order chi connectivity index (χ0) is 19.6. The predicted octanol–water partition coefficient (Wildman–Crippen LogP) is 2.85. The SMILES string of the molecule is Cc1ccc(Cn2cc(NC(=O)C(C)n3nc([N+](=O)[O-])cc3C)cn2)cc1. The summed E-state index contributed by atoms with van der Waals surface area (Å²) >= 11 is 0. The molecule has 0 aliphatic heterocycles. The van der Waals surface area contributed by atoms with Crippen LogP contribution in [0.1, 0.15) is 29.8 Å². The van der Waals surface area contributed by atoms with Crippen LogP contribution in [0.2, 0.25) is 0 Å². The number of aromatic nitrogens is 4. The third-order valence-corrected chi connectivity index (χ3v) is 4.21. The van der Waals surface area contributed by atoms with Crippen molar-refractivity contribution in [1.82, 2.24) is 19.6 Å². The number of aryl methyl sites for hydroxylation is 2. The molecular formula is C18H20N6O3. The van der Waals surface area contributed by atoms with E-state index in [0.29, 0.717) is 17.9 Å². The number of carbonyl (C=O) groups is 1. The topological polar surface area (TPSA) is 108 Å². The molecule has 140 valence electrons. The molecule has 0 spiro atoms. The second-order valence-corrected chi connectivity index (χ2v) is 6.42. The van der Waals surface area contributed by atoms with Crippen LogP contribution in [0.15, 0.2) is 42.7 Å². The Kier molecular flexibility index (Phi) is 5.02. The van der Waals surface area contributed by atoms with Gasteiger partial charge in [-0.05, 0) is 31.3 Å². The number of hydrogen-bond donors (Lipinski definition) is 1. The van der Waals surface area contributed by atoms with Crippen LogP contribution < -0.4 is 5.32 Å². The number of nitro groups is 1. The Balaban J connectivity index is 1.66. The Hall–Kier alpha value is -3.49. The molecule has 0 saturated carbocycles. The van der Waals surface area contributed by atoms with E-state index in [4.69, 9.17) is 0 Å². The first-order chi connectivity index (χ1) is 12.8. The lowest BCUT2D eigenvalue weighted by molar-refractivity contribution is -0.389. The average molecular weight is 368 g/mol. The number of hydrogen-bond acceptors (Lipinski definition) is 5. The maximum Gasteiger partial charge on any atom is 0.390 e. The molecule has 9 heteroatoms. The fourth-order valence-corrected chi connectivity index (χ4v) is 2.71. The van der Waals surface area contributed by atoms with Gasteiger partial charge in [-0.15, -0.1) is 0 Å². The van der Waals surface area contributed by atoms with E-state index in [2.05, 4.69) is 15.5 Å². The van der Waals surface area contributed by atoms with Crippen LogP contribution >= 0.6 is 0 Å². The van der Waals surface area contributed by atoms with E-state index in [9.17, 15) is 14.9 Å². The highest BCUT2D eigenvalue weighted by Gasteiger charge is 2.24. The minimum absolute atomic E-state index is 0.280. The molecule has 1 aromatic carbocycles. The Bertz CT molecular complexity index is 973. The van der Waals surface area contributed by atoms with Gasteiger partial charge >= 0.3 is 5.82 Å². The summed E-state index contributed by atoms with van der Waals surface area (Å²) in [4.78, 5) is 22.7. The minimum atomic E-state index is -0.695. The fourth-order valence-electron chi connectivity index (χ4n) is 2.71. The highest BCUT2D eigenvalue weighted by atomic mass is 16.6. The van der Waals surface area contributed by atoms with Crippen LogP contribution in [0.25, 0.3) is 0 Å². The van der Waals surface area contributed by atoms with Crippen LogP contribution in [-0.4, -0.2) is 30.4 Å². The first-order valence-electron chi connectivity index (χ1n) is 8.43. The van der Waals surface area contributed by atoms with Gasteiger partial charge in [-0.1, -0.05) is 29.8 Å². The standard InChI is InChI=1S/C18H20N6O3/c1-12-4-6-15(7-5-12)10-22-11-16(9-19-22)20-18(25)14(3)23-13(2)8-17(21-23)24(26)27/h4-9,11,14H,10H2,1-3H3,(H,20,25). The highest BCUT2D eigenvalue weighted by Crippen LogP contribution is 2.18. The van der Waals surface area contributed by atoms with Crippen LogP contribution in [0.4, 0.5) is 11.5 Å². The molecule has 0 saturated heterocycles. The maximum absolute atomic E-state index is 12.5. The predicted molar refractivity (Wildman–Crippen MR) is 99.5 cm³/mol. The lowest BCUT2D eigenvalue weighted by Crippen LogP contribution is -2.25. The molecule has 0 radical (unpaired) electrons. The van der Waals surface area contributed by atoms with Crippen LogP contribution in [0.3, 0.4) is 0 Å². The molecule has 0 bridgehead atoms. The molecule has 1 N–H and O–H groups in total. The number of amides is 1. The van der Waals surface area contributed by atoms with Gasteiger partial charge in [0.05, 0.1) is 35.3 Å². The van der Waals surface area contributed by atoms with Gasteiger partial charge in [-0.3, -0.25) is 9.48 Å². The van der Waals surface area contributed by atoms with Crippen molar-refractivity contribution in [2.24, 2.45) is 0 Å². The van der Waals surface area contributed by atoms with Gasteiger partial charge in [-0.2, -0.15) is 9.78 Å². The second-order valence-electron chi connectivity index (χ2n) is 6.42. The Morgan fingerprint density at radius 3 is 2.63 bits per heavy atom. The van der Waals surface area contributed by atoms with E-state index in [-0.39, 0.29) is 11.7 Å². The van der Waals surface area contributed by atoms with Crippen LogP contribution in [0, 0.1) is 24.0 Å². The molecule has 0 fully saturated rings. The second kappa shape index (κ2) is 7.40. The van der Waals surface area contributed by atoms with Crippen LogP contribution in [-0.2, 0) is 11.3 Å². The zero-order valence-corrected chi connectivity index (χ0v) is 15.3. The molecule has 2 heterocycles. The summed E-state index contributed by atoms with van der Waals surface area (Å²) in [7, 11) is 0. The van der Waals surface area contributed by atoms with Gasteiger partial charge in [0.15, 0.2) is 0 Å². The summed E-state index contributed by atoms with van der Waals surface area (Å²) in [6.07, 6.45) is 3.31. The van der Waals surface area contributed by atoms with Crippen molar-refractivity contribution < 1.29 is 9.72 Å². The third-order valence-electron chi connectivity index (χ3n) is 4.21. The molecule has 3 aromatic rings. The molecule has 2 aromatic heterocycles. The summed E-state index contributed by atoms with van der Waals surface area (Å²) < 4.78 is 3.07. The fraction of sp³-hybridized carbons (Fsp3) is 0.278. The van der Waals surface area contributed by atoms with Gasteiger partial charge < -0.3 is 15.4 Å². The van der Waals surface area contributed by atoms with Gasteiger partial charge in [0.1, 0.15) is 6.04 Å². The average Bonchev–Trinajstić information content (AvgIpc) is 3.23. The van der Waals surface area contributed by atoms with Crippen molar-refractivity contribution in [2.45, 2.75) is 33.4 Å². The third kappa shape index (κ3) is 4.20. The Morgan fingerprint density at radius 2 is 2.00 bits per heavy atom. The van der Waals surface area contributed by atoms with Crippen molar-refractivity contribution in [3.8, 4) is 0 Å². The number of anilines is 1. The lowest BCUT2D eigenvalue weighted by Gasteiger charge is -2.10. The summed E-state index contributed by atoms with van der Waals surface area (Å²) in [5.41, 5.74) is 3.39.